The van der Waals surface area contributed by atoms with Crippen molar-refractivity contribution in [3.8, 4) is 0 Å². The van der Waals surface area contributed by atoms with Crippen LogP contribution in [0.5, 0.6) is 0 Å². The van der Waals surface area contributed by atoms with Crippen LogP contribution in [0.2, 0.25) is 0 Å². The van der Waals surface area contributed by atoms with Gasteiger partial charge in [0.15, 0.2) is 0 Å². The molecule has 0 aliphatic heterocycles. The number of benzene rings is 1. The van der Waals surface area contributed by atoms with Crippen molar-refractivity contribution in [2.45, 2.75) is 19.3 Å². The summed E-state index contributed by atoms with van der Waals surface area (Å²) in [5.41, 5.74) is 1.48. The Hall–Kier alpha value is -0.340. The molecular formula is C13H18BrN. The highest BCUT2D eigenvalue weighted by molar-refractivity contribution is 9.10. The summed E-state index contributed by atoms with van der Waals surface area (Å²) >= 11 is 3.47. The molecule has 2 atom stereocenters. The van der Waals surface area contributed by atoms with E-state index < -0.39 is 0 Å². The van der Waals surface area contributed by atoms with Gasteiger partial charge in [0.1, 0.15) is 0 Å². The van der Waals surface area contributed by atoms with Crippen molar-refractivity contribution >= 4 is 15.9 Å². The van der Waals surface area contributed by atoms with E-state index in [0.29, 0.717) is 0 Å². The van der Waals surface area contributed by atoms with Crippen LogP contribution < -0.4 is 5.32 Å². The molecule has 0 radical (unpaired) electrons. The molecule has 15 heavy (non-hydrogen) atoms. The van der Waals surface area contributed by atoms with Gasteiger partial charge in [-0.3, -0.25) is 0 Å². The maximum atomic E-state index is 3.47. The summed E-state index contributed by atoms with van der Waals surface area (Å²) in [6.45, 7) is 1.18. The molecule has 0 amide bonds. The Bertz CT molecular complexity index is 307. The highest BCUT2D eigenvalue weighted by Crippen LogP contribution is 2.36. The highest BCUT2D eigenvalue weighted by atomic mass is 79.9. The largest absolute Gasteiger partial charge is 0.319 e. The first-order chi connectivity index (χ1) is 7.29. The van der Waals surface area contributed by atoms with Crippen LogP contribution in [-0.2, 0) is 6.42 Å². The zero-order valence-electron chi connectivity index (χ0n) is 9.17. The Morgan fingerprint density at radius 2 is 1.87 bits per heavy atom. The molecule has 0 bridgehead atoms. The molecule has 2 heteroatoms. The first kappa shape index (κ1) is 11.2. The lowest BCUT2D eigenvalue weighted by atomic mass is 9.71. The fraction of sp³-hybridized carbons (Fsp3) is 0.538. The van der Waals surface area contributed by atoms with E-state index >= 15 is 0 Å². The third-order valence-corrected chi connectivity index (χ3v) is 3.98. The minimum atomic E-state index is 0.902. The highest BCUT2D eigenvalue weighted by Gasteiger charge is 2.29. The van der Waals surface area contributed by atoms with E-state index in [1.165, 1.54) is 35.8 Å². The van der Waals surface area contributed by atoms with Gasteiger partial charge in [-0.05, 0) is 62.4 Å². The molecule has 0 saturated heterocycles. The van der Waals surface area contributed by atoms with Crippen LogP contribution in [0, 0.1) is 11.8 Å². The van der Waals surface area contributed by atoms with Crippen LogP contribution >= 0.6 is 15.9 Å². The average molecular weight is 268 g/mol. The van der Waals surface area contributed by atoms with E-state index in [9.17, 15) is 0 Å². The van der Waals surface area contributed by atoms with Crippen LogP contribution in [0.3, 0.4) is 0 Å². The first-order valence-electron chi connectivity index (χ1n) is 5.68. The van der Waals surface area contributed by atoms with E-state index in [4.69, 9.17) is 0 Å². The first-order valence-corrected chi connectivity index (χ1v) is 6.48. The van der Waals surface area contributed by atoms with Crippen LogP contribution in [0.1, 0.15) is 18.4 Å². The molecule has 1 nitrogen and oxygen atoms in total. The second kappa shape index (κ2) is 5.13. The molecular weight excluding hydrogens is 250 g/mol. The number of hydrogen-bond donors (Lipinski definition) is 1. The van der Waals surface area contributed by atoms with E-state index in [1.54, 1.807) is 0 Å². The third-order valence-electron chi connectivity index (χ3n) is 3.45. The number of hydrogen-bond acceptors (Lipinski definition) is 1. The summed E-state index contributed by atoms with van der Waals surface area (Å²) in [6, 6.07) is 8.75. The van der Waals surface area contributed by atoms with Gasteiger partial charge in [-0.2, -0.15) is 0 Å². The molecule has 0 spiro atoms. The summed E-state index contributed by atoms with van der Waals surface area (Å²) in [6.07, 6.45) is 4.06. The quantitative estimate of drug-likeness (QED) is 0.884. The SMILES string of the molecule is CNCC1CCC1Cc1ccc(Br)cc1. The van der Waals surface area contributed by atoms with E-state index in [1.807, 2.05) is 0 Å². The second-order valence-electron chi connectivity index (χ2n) is 4.49. The van der Waals surface area contributed by atoms with Gasteiger partial charge in [0.05, 0.1) is 0 Å². The van der Waals surface area contributed by atoms with E-state index in [0.717, 1.165) is 11.8 Å². The second-order valence-corrected chi connectivity index (χ2v) is 5.40. The lowest BCUT2D eigenvalue weighted by Gasteiger charge is -2.36. The topological polar surface area (TPSA) is 12.0 Å². The summed E-state index contributed by atoms with van der Waals surface area (Å²) in [5, 5.41) is 3.29. The Morgan fingerprint density at radius 1 is 1.20 bits per heavy atom. The van der Waals surface area contributed by atoms with Crippen molar-refractivity contribution in [1.29, 1.82) is 0 Å². The average Bonchev–Trinajstić information content (AvgIpc) is 2.23. The molecule has 1 saturated carbocycles. The van der Waals surface area contributed by atoms with Crippen molar-refractivity contribution in [3.63, 3.8) is 0 Å². The van der Waals surface area contributed by atoms with Crippen molar-refractivity contribution in [2.24, 2.45) is 11.8 Å². The van der Waals surface area contributed by atoms with Crippen molar-refractivity contribution in [2.75, 3.05) is 13.6 Å². The van der Waals surface area contributed by atoms with Gasteiger partial charge in [-0.15, -0.1) is 0 Å². The summed E-state index contributed by atoms with van der Waals surface area (Å²) < 4.78 is 1.17. The minimum absolute atomic E-state index is 0.902. The van der Waals surface area contributed by atoms with Crippen molar-refractivity contribution in [1.82, 2.24) is 5.32 Å². The van der Waals surface area contributed by atoms with Gasteiger partial charge >= 0.3 is 0 Å². The Kier molecular flexibility index (Phi) is 3.81. The normalized spacial score (nSPS) is 24.9. The zero-order chi connectivity index (χ0) is 10.7. The van der Waals surface area contributed by atoms with Crippen LogP contribution in [0.15, 0.2) is 28.7 Å². The van der Waals surface area contributed by atoms with Gasteiger partial charge < -0.3 is 5.32 Å². The van der Waals surface area contributed by atoms with Crippen LogP contribution in [0.25, 0.3) is 0 Å². The van der Waals surface area contributed by atoms with Crippen molar-refractivity contribution < 1.29 is 0 Å². The maximum Gasteiger partial charge on any atom is 0.0175 e. The van der Waals surface area contributed by atoms with Gasteiger partial charge in [0, 0.05) is 4.47 Å². The van der Waals surface area contributed by atoms with Crippen LogP contribution in [-0.4, -0.2) is 13.6 Å². The molecule has 1 N–H and O–H groups in total. The van der Waals surface area contributed by atoms with Crippen LogP contribution in [0.4, 0.5) is 0 Å². The minimum Gasteiger partial charge on any atom is -0.319 e. The smallest absolute Gasteiger partial charge is 0.0175 e. The monoisotopic (exact) mass is 267 g/mol. The molecule has 0 aromatic heterocycles. The molecule has 2 unspecified atom stereocenters. The number of rotatable bonds is 4. The molecule has 1 aromatic rings. The predicted octanol–water partition coefficient (Wildman–Crippen LogP) is 3.24. The fourth-order valence-corrected chi connectivity index (χ4v) is 2.63. The van der Waals surface area contributed by atoms with Gasteiger partial charge in [0.25, 0.3) is 0 Å². The number of halogens is 1. The summed E-state index contributed by atoms with van der Waals surface area (Å²) in [4.78, 5) is 0. The van der Waals surface area contributed by atoms with E-state index in [2.05, 4.69) is 52.6 Å². The molecule has 82 valence electrons. The molecule has 1 aromatic carbocycles. The van der Waals surface area contributed by atoms with Gasteiger partial charge in [-0.25, -0.2) is 0 Å². The van der Waals surface area contributed by atoms with E-state index in [-0.39, 0.29) is 0 Å². The maximum absolute atomic E-state index is 3.47. The summed E-state index contributed by atoms with van der Waals surface area (Å²) in [5.74, 6) is 1.80. The Labute approximate surface area is 100 Å². The molecule has 1 fully saturated rings. The van der Waals surface area contributed by atoms with Crippen molar-refractivity contribution in [3.05, 3.63) is 34.3 Å². The standard InChI is InChI=1S/C13H18BrN/c1-15-9-12-5-4-11(12)8-10-2-6-13(14)7-3-10/h2-3,6-7,11-12,15H,4-5,8-9H2,1H3. The lowest BCUT2D eigenvalue weighted by molar-refractivity contribution is 0.174. The number of nitrogens with one attached hydrogen (secondary N) is 1. The molecule has 1 aliphatic carbocycles. The zero-order valence-corrected chi connectivity index (χ0v) is 10.8. The molecule has 1 aliphatic rings. The Morgan fingerprint density at radius 3 is 2.40 bits per heavy atom. The lowest BCUT2D eigenvalue weighted by Crippen LogP contribution is -2.35. The van der Waals surface area contributed by atoms with Gasteiger partial charge in [-0.1, -0.05) is 28.1 Å². The molecule has 0 heterocycles. The third kappa shape index (κ3) is 2.82. The molecule has 2 rings (SSSR count). The predicted molar refractivity (Wildman–Crippen MR) is 68.0 cm³/mol. The van der Waals surface area contributed by atoms with Gasteiger partial charge in [0.2, 0.25) is 0 Å². The fourth-order valence-electron chi connectivity index (χ4n) is 2.36. The summed E-state index contributed by atoms with van der Waals surface area (Å²) in [7, 11) is 2.05. The Balaban J connectivity index is 1.89.